The van der Waals surface area contributed by atoms with Crippen LogP contribution in [0.25, 0.3) is 0 Å². The Morgan fingerprint density at radius 1 is 0.457 bits per heavy atom. The minimum absolute atomic E-state index is 0.0781. The molecule has 19 N–H and O–H groups in total. The van der Waals surface area contributed by atoms with Gasteiger partial charge in [-0.25, -0.2) is 0 Å². The lowest BCUT2D eigenvalue weighted by Crippen LogP contribution is -2.68. The fraction of sp³-hybridized carbons (Fsp3) is 0.943. The third-order valence-corrected chi connectivity index (χ3v) is 26.9. The highest BCUT2D eigenvalue weighted by molar-refractivity contribution is 5.79. The zero-order valence-electron chi connectivity index (χ0n) is 60.2. The molecule has 0 aromatic heterocycles. The fourth-order valence-electron chi connectivity index (χ4n) is 20.2. The monoisotopic (exact) mass is 1510 g/mol. The van der Waals surface area contributed by atoms with E-state index in [1.165, 1.54) is 13.8 Å². The van der Waals surface area contributed by atoms with E-state index in [0.717, 1.165) is 11.9 Å². The van der Waals surface area contributed by atoms with Gasteiger partial charge in [-0.05, 0) is 117 Å². The molecule has 4 saturated carbocycles. The van der Waals surface area contributed by atoms with E-state index in [1.807, 2.05) is 0 Å². The maximum absolute atomic E-state index is 15.8. The molecule has 35 nitrogen and oxygen atoms in total. The van der Waals surface area contributed by atoms with Gasteiger partial charge < -0.3 is 168 Å². The molecule has 7 aliphatic heterocycles. The molecule has 35 heteroatoms. The van der Waals surface area contributed by atoms with Crippen LogP contribution in [0.15, 0.2) is 11.6 Å². The summed E-state index contributed by atoms with van der Waals surface area (Å²) in [6.45, 7) is 12.1. The van der Waals surface area contributed by atoms with E-state index in [2.05, 4.69) is 40.7 Å². The van der Waals surface area contributed by atoms with Crippen molar-refractivity contribution in [2.24, 2.45) is 50.2 Å². The average Bonchev–Trinajstić information content (AvgIpc) is 0.674. The summed E-state index contributed by atoms with van der Waals surface area (Å²) in [4.78, 5) is 30.1. The van der Waals surface area contributed by atoms with E-state index < -0.39 is 281 Å². The van der Waals surface area contributed by atoms with Crippen molar-refractivity contribution in [3.63, 3.8) is 0 Å². The Hall–Kier alpha value is -2.40. The first kappa shape index (κ1) is 82.1. The summed E-state index contributed by atoms with van der Waals surface area (Å²) in [7, 11) is 0. The van der Waals surface area contributed by atoms with Crippen molar-refractivity contribution in [1.29, 1.82) is 0 Å². The SMILES string of the molecule is C[C@@H]1O[C@@H](O[C@H]2[C@H](OC(=O)[C@]34CCC(C)(C)C[C@H]3C3=CCC5[C@@]6(C)CC[C@H](O[C@@H]7O[C@H](CO)[C@@H](O)[C@H](O[C@@H]8OC[C@@H](O)[C@H](O)[C@H]8O)[C@H]7O[C@@H]7O[C@H](CO)[C@H](O)[C@H](O)[C@H]7O)[C@@](C)(C=O)[C@@H]6CC[C@@]5(C)[C@]3(C)CC4)O[C@H](C)[C@H](O)[C@@H]2O)[C@H](O)[C@H](O[C@@H]2O[C@H](CO)[C@@H](O)[C@H](O)[C@H]2O)[C@H]1O[C@@H]1OC[C@@H](O)[C@H](O)[C@H]1O. The summed E-state index contributed by atoms with van der Waals surface area (Å²) in [6, 6.07) is 0. The molecule has 12 aliphatic rings. The minimum Gasteiger partial charge on any atom is -0.432 e. The number of aliphatic hydroxyl groups is 19. The third-order valence-electron chi connectivity index (χ3n) is 26.9. The first-order valence-corrected chi connectivity index (χ1v) is 36.9. The van der Waals surface area contributed by atoms with Crippen LogP contribution in [0, 0.1) is 50.2 Å². The summed E-state index contributed by atoms with van der Waals surface area (Å²) >= 11 is 0. The molecular weight excluding hydrogens is 1400 g/mol. The van der Waals surface area contributed by atoms with Crippen molar-refractivity contribution >= 4 is 12.3 Å². The number of aldehydes is 1. The number of esters is 1. The Labute approximate surface area is 606 Å². The first-order chi connectivity index (χ1) is 49.4. The molecule has 0 amide bonds. The van der Waals surface area contributed by atoms with Crippen LogP contribution in [0.3, 0.4) is 0 Å². The maximum Gasteiger partial charge on any atom is 0.315 e. The zero-order valence-corrected chi connectivity index (χ0v) is 60.2. The van der Waals surface area contributed by atoms with Gasteiger partial charge in [-0.15, -0.1) is 0 Å². The number of carbonyl (C=O) groups is 2. The molecule has 0 spiro atoms. The first-order valence-electron chi connectivity index (χ1n) is 36.9. The van der Waals surface area contributed by atoms with Crippen molar-refractivity contribution in [3.8, 4) is 0 Å². The molecular formula is C70H112O35. The molecule has 0 aromatic carbocycles. The minimum atomic E-state index is -2.08. The topological polar surface area (TPSA) is 548 Å². The largest absolute Gasteiger partial charge is 0.432 e. The zero-order chi connectivity index (χ0) is 76.4. The van der Waals surface area contributed by atoms with Crippen LogP contribution in [0.2, 0.25) is 0 Å². The molecule has 7 saturated heterocycles. The van der Waals surface area contributed by atoms with Crippen LogP contribution < -0.4 is 0 Å². The number of hydrogen-bond donors (Lipinski definition) is 19. The summed E-state index contributed by atoms with van der Waals surface area (Å²) in [5, 5.41) is 207. The smallest absolute Gasteiger partial charge is 0.315 e. The molecule has 0 bridgehead atoms. The number of hydrogen-bond acceptors (Lipinski definition) is 35. The van der Waals surface area contributed by atoms with E-state index >= 15 is 4.79 Å². The number of fused-ring (bicyclic) bond motifs is 7. The van der Waals surface area contributed by atoms with Crippen LogP contribution in [0.1, 0.15) is 120 Å². The lowest BCUT2D eigenvalue weighted by atomic mass is 9.33. The van der Waals surface area contributed by atoms with Crippen LogP contribution in [-0.4, -0.2) is 351 Å². The molecule has 12 rings (SSSR count). The van der Waals surface area contributed by atoms with Crippen LogP contribution >= 0.6 is 0 Å². The fourth-order valence-corrected chi connectivity index (χ4v) is 20.2. The highest BCUT2D eigenvalue weighted by atomic mass is 16.8. The highest BCUT2D eigenvalue weighted by Gasteiger charge is 2.72. The van der Waals surface area contributed by atoms with Crippen molar-refractivity contribution < 1.29 is 173 Å². The molecule has 0 radical (unpaired) electrons. The second-order valence-corrected chi connectivity index (χ2v) is 33.4. The van der Waals surface area contributed by atoms with Crippen LogP contribution in [0.4, 0.5) is 0 Å². The lowest BCUT2D eigenvalue weighted by molar-refractivity contribution is -0.395. The van der Waals surface area contributed by atoms with E-state index in [1.54, 1.807) is 6.92 Å². The number of allylic oxidation sites excluding steroid dienone is 2. The van der Waals surface area contributed by atoms with Gasteiger partial charge in [0.25, 0.3) is 0 Å². The van der Waals surface area contributed by atoms with Crippen molar-refractivity contribution in [2.75, 3.05) is 33.0 Å². The lowest BCUT2D eigenvalue weighted by Gasteiger charge is -2.71. The van der Waals surface area contributed by atoms with E-state index in [0.29, 0.717) is 57.8 Å². The normalized spacial score (nSPS) is 55.1. The molecule has 5 aliphatic carbocycles. The van der Waals surface area contributed by atoms with E-state index in [4.69, 9.17) is 66.3 Å². The highest BCUT2D eigenvalue weighted by Crippen LogP contribution is 2.76. The quantitative estimate of drug-likeness (QED) is 0.0263. The van der Waals surface area contributed by atoms with Crippen LogP contribution in [-0.2, 0) is 75.9 Å². The molecule has 1 unspecified atom stereocenters. The van der Waals surface area contributed by atoms with Gasteiger partial charge in [-0.1, -0.05) is 53.2 Å². The second kappa shape index (κ2) is 31.2. The van der Waals surface area contributed by atoms with Gasteiger partial charge >= 0.3 is 5.97 Å². The molecule has 7 heterocycles. The Bertz CT molecular complexity index is 3010. The Kier molecular flexibility index (Phi) is 24.4. The average molecular weight is 1510 g/mol. The van der Waals surface area contributed by atoms with Gasteiger partial charge in [0.15, 0.2) is 43.8 Å². The number of rotatable bonds is 18. The standard InChI is InChI=1S/C70H112O35/c1-26-38(77)46(85)55(103-61-51(90)54(102-59-49(88)44(83)41(80)32(20-71)96-59)52(27(2)95-61)100-57-47(86)39(78)30(75)23-92-57)62(94-26)105-64(91)70-17-15-65(3,4)19-29(70)28-9-10-36-66(5)13-12-37(67(6,25-74)35(66)11-14-69(36,8)68(28,7)16-18-70)99-63-56(104-60-50(89)45(84)42(81)33(21-72)97-60)53(43(82)34(22-73)98-63)101-58-48(87)40(79)31(76)24-93-58/h9,25-27,29-63,71-73,75-90H,10-24H2,1-8H3/t26-,27+,29+,30-,31-,32-,33-,34-,35-,36?,37+,38+,39+,40+,41-,42+,43-,44+,45+,46+,47-,48-,49-,50-,51-,52+,53+,54+,55-,56-,57+,58+,59+,60+,61+,62+,63+,66+,67+,68-,69-,70+/m1/s1. The van der Waals surface area contributed by atoms with Gasteiger partial charge in [0, 0.05) is 0 Å². The van der Waals surface area contributed by atoms with Gasteiger partial charge in [0.1, 0.15) is 147 Å². The Morgan fingerprint density at radius 2 is 0.943 bits per heavy atom. The van der Waals surface area contributed by atoms with Crippen LogP contribution in [0.5, 0.6) is 0 Å². The van der Waals surface area contributed by atoms with Gasteiger partial charge in [-0.3, -0.25) is 4.79 Å². The van der Waals surface area contributed by atoms with Gasteiger partial charge in [0.05, 0.1) is 62.2 Å². The summed E-state index contributed by atoms with van der Waals surface area (Å²) < 4.78 is 85.6. The number of ether oxygens (including phenoxy) is 14. The molecule has 602 valence electrons. The maximum atomic E-state index is 15.8. The second-order valence-electron chi connectivity index (χ2n) is 33.4. The molecule has 42 atom stereocenters. The van der Waals surface area contributed by atoms with Crippen molar-refractivity contribution in [2.45, 2.75) is 328 Å². The predicted octanol–water partition coefficient (Wildman–Crippen LogP) is -6.05. The van der Waals surface area contributed by atoms with E-state index in [9.17, 15) is 102 Å². The third kappa shape index (κ3) is 14.3. The molecule has 11 fully saturated rings. The van der Waals surface area contributed by atoms with Gasteiger partial charge in [-0.2, -0.15) is 0 Å². The summed E-state index contributed by atoms with van der Waals surface area (Å²) in [5.74, 6) is -1.54. The van der Waals surface area contributed by atoms with Crippen molar-refractivity contribution in [1.82, 2.24) is 0 Å². The Balaban J connectivity index is 0.801. The number of carbonyl (C=O) groups excluding carboxylic acids is 2. The summed E-state index contributed by atoms with van der Waals surface area (Å²) in [6.07, 6.45) is -50.7. The van der Waals surface area contributed by atoms with E-state index in [-0.39, 0.29) is 23.7 Å². The van der Waals surface area contributed by atoms with Crippen molar-refractivity contribution in [3.05, 3.63) is 11.6 Å². The molecule has 105 heavy (non-hydrogen) atoms. The summed E-state index contributed by atoms with van der Waals surface area (Å²) in [5.41, 5.74) is -3.33. The molecule has 0 aromatic rings. The Morgan fingerprint density at radius 3 is 1.51 bits per heavy atom. The van der Waals surface area contributed by atoms with Gasteiger partial charge in [0.2, 0.25) is 6.29 Å². The predicted molar refractivity (Wildman–Crippen MR) is 346 cm³/mol. The number of aliphatic hydroxyl groups excluding tert-OH is 19.